The number of piperazine rings is 1. The Bertz CT molecular complexity index is 370. The molecule has 4 nitrogen and oxygen atoms in total. The molecule has 0 aromatic rings. The van der Waals surface area contributed by atoms with Crippen molar-refractivity contribution in [2.75, 3.05) is 32.7 Å². The lowest BCUT2D eigenvalue weighted by atomic mass is 9.86. The van der Waals surface area contributed by atoms with Crippen LogP contribution in [-0.2, 0) is 4.79 Å². The Hall–Kier alpha value is -0.530. The molecule has 1 saturated heterocycles. The number of nitrogens with one attached hydrogen (secondary N) is 2. The molecule has 2 rings (SSSR count). The smallest absolute Gasteiger partial charge is 0.354 e. The Morgan fingerprint density at radius 3 is 2.38 bits per heavy atom. The van der Waals surface area contributed by atoms with E-state index in [1.165, 1.54) is 24.2 Å². The van der Waals surface area contributed by atoms with Gasteiger partial charge in [0.25, 0.3) is 0 Å². The Morgan fingerprint density at radius 1 is 1.17 bits per heavy atom. The van der Waals surface area contributed by atoms with Gasteiger partial charge in [-0.1, -0.05) is 32.1 Å². The van der Waals surface area contributed by atoms with Crippen LogP contribution in [0, 0.1) is 5.92 Å². The van der Waals surface area contributed by atoms with Crippen LogP contribution in [0.1, 0.15) is 44.9 Å². The first kappa shape index (κ1) is 21.5. The Labute approximate surface area is 148 Å². The molecule has 2 aliphatic rings. The van der Waals surface area contributed by atoms with E-state index in [1.54, 1.807) is 0 Å². The summed E-state index contributed by atoms with van der Waals surface area (Å²) in [5.74, 6) is 0.320. The van der Waals surface area contributed by atoms with Crippen molar-refractivity contribution in [1.29, 1.82) is 0 Å². The second-order valence-corrected chi connectivity index (χ2v) is 6.69. The van der Waals surface area contributed by atoms with Crippen molar-refractivity contribution in [3.63, 3.8) is 0 Å². The molecule has 24 heavy (non-hydrogen) atoms. The lowest BCUT2D eigenvalue weighted by molar-refractivity contribution is -0.184. The third-order valence-corrected chi connectivity index (χ3v) is 4.97. The fourth-order valence-electron chi connectivity index (χ4n) is 3.56. The van der Waals surface area contributed by atoms with E-state index in [-0.39, 0.29) is 24.9 Å². The molecule has 2 N–H and O–H groups in total. The molecular weight excluding hydrogens is 343 g/mol. The van der Waals surface area contributed by atoms with Gasteiger partial charge in [-0.3, -0.25) is 9.69 Å². The zero-order valence-corrected chi connectivity index (χ0v) is 14.9. The minimum Gasteiger partial charge on any atom is -0.354 e. The quantitative estimate of drug-likeness (QED) is 0.754. The molecule has 0 bridgehead atoms. The number of nitrogens with zero attached hydrogens (tertiary/aromatic N) is 1. The van der Waals surface area contributed by atoms with Crippen LogP contribution in [0.5, 0.6) is 0 Å². The molecule has 0 aromatic carbocycles. The van der Waals surface area contributed by atoms with Gasteiger partial charge in [-0.05, 0) is 12.3 Å². The topological polar surface area (TPSA) is 44.4 Å². The van der Waals surface area contributed by atoms with Gasteiger partial charge in [0.15, 0.2) is 0 Å². The summed E-state index contributed by atoms with van der Waals surface area (Å²) in [7, 11) is 0. The van der Waals surface area contributed by atoms with Crippen LogP contribution in [0.2, 0.25) is 0 Å². The van der Waals surface area contributed by atoms with Crippen LogP contribution in [0.15, 0.2) is 0 Å². The number of hydrogen-bond acceptors (Lipinski definition) is 3. The third-order valence-electron chi connectivity index (χ3n) is 4.97. The van der Waals surface area contributed by atoms with E-state index in [4.69, 9.17) is 0 Å². The number of amides is 1. The largest absolute Gasteiger partial charge is 0.405 e. The van der Waals surface area contributed by atoms with E-state index < -0.39 is 12.2 Å². The molecule has 1 aliphatic heterocycles. The number of carbonyl (C=O) groups excluding carboxylic acids is 1. The minimum absolute atomic E-state index is 0. The normalized spacial score (nSPS) is 21.8. The van der Waals surface area contributed by atoms with Gasteiger partial charge in [-0.15, -0.1) is 12.4 Å². The molecule has 8 heteroatoms. The second-order valence-electron chi connectivity index (χ2n) is 6.69. The van der Waals surface area contributed by atoms with E-state index in [9.17, 15) is 18.0 Å². The van der Waals surface area contributed by atoms with Crippen LogP contribution in [0.3, 0.4) is 0 Å². The van der Waals surface area contributed by atoms with Crippen LogP contribution in [0.25, 0.3) is 0 Å². The summed E-state index contributed by atoms with van der Waals surface area (Å²) in [4.78, 5) is 13.3. The summed E-state index contributed by atoms with van der Waals surface area (Å²) >= 11 is 0. The molecule has 1 atom stereocenters. The highest BCUT2D eigenvalue weighted by Gasteiger charge is 2.43. The first-order chi connectivity index (χ1) is 11.0. The molecule has 142 valence electrons. The number of alkyl halides is 3. The number of hydrogen-bond donors (Lipinski definition) is 2. The molecule has 1 heterocycles. The molecule has 1 aliphatic carbocycles. The maximum atomic E-state index is 13.2. The van der Waals surface area contributed by atoms with Crippen LogP contribution >= 0.6 is 12.4 Å². The zero-order valence-electron chi connectivity index (χ0n) is 14.0. The highest BCUT2D eigenvalue weighted by Crippen LogP contribution is 2.27. The molecule has 0 radical (unpaired) electrons. The van der Waals surface area contributed by atoms with Gasteiger partial charge in [0, 0.05) is 39.1 Å². The van der Waals surface area contributed by atoms with Gasteiger partial charge >= 0.3 is 6.18 Å². The number of halogens is 4. The Morgan fingerprint density at radius 2 is 1.79 bits per heavy atom. The summed E-state index contributed by atoms with van der Waals surface area (Å²) in [5, 5.41) is 5.55. The average Bonchev–Trinajstić information content (AvgIpc) is 2.54. The van der Waals surface area contributed by atoms with Gasteiger partial charge in [-0.2, -0.15) is 13.2 Å². The van der Waals surface area contributed by atoms with Crippen molar-refractivity contribution < 1.29 is 18.0 Å². The Kier molecular flexibility index (Phi) is 9.37. The van der Waals surface area contributed by atoms with E-state index in [0.717, 1.165) is 19.3 Å². The summed E-state index contributed by atoms with van der Waals surface area (Å²) in [6.07, 6.45) is 2.83. The Balaban J connectivity index is 0.00000288. The highest BCUT2D eigenvalue weighted by molar-refractivity contribution is 5.85. The first-order valence-electron chi connectivity index (χ1n) is 8.75. The van der Waals surface area contributed by atoms with Crippen molar-refractivity contribution in [1.82, 2.24) is 15.5 Å². The fourth-order valence-corrected chi connectivity index (χ4v) is 3.56. The van der Waals surface area contributed by atoms with Crippen molar-refractivity contribution in [3.8, 4) is 0 Å². The number of carbonyl (C=O) groups is 1. The predicted octanol–water partition coefficient (Wildman–Crippen LogP) is 2.72. The predicted molar refractivity (Wildman–Crippen MR) is 90.4 cm³/mol. The van der Waals surface area contributed by atoms with Gasteiger partial charge in [0.05, 0.1) is 0 Å². The van der Waals surface area contributed by atoms with Gasteiger partial charge in [0.1, 0.15) is 6.04 Å². The van der Waals surface area contributed by atoms with E-state index >= 15 is 0 Å². The van der Waals surface area contributed by atoms with E-state index in [0.29, 0.717) is 38.5 Å². The van der Waals surface area contributed by atoms with E-state index in [1.807, 2.05) is 0 Å². The summed E-state index contributed by atoms with van der Waals surface area (Å²) in [5.41, 5.74) is 0. The SMILES string of the molecule is Cl.O=C(CCC1CCCCC1)NCC(N1CCNCC1)C(F)(F)F. The standard InChI is InChI=1S/C16H28F3N3O.ClH/c17-16(18,19)14(22-10-8-20-9-11-22)12-21-15(23)7-6-13-4-2-1-3-5-13;/h13-14,20H,1-12H2,(H,21,23);1H. The summed E-state index contributed by atoms with van der Waals surface area (Å²) in [6, 6.07) is -1.58. The van der Waals surface area contributed by atoms with Crippen molar-refractivity contribution in [2.45, 2.75) is 57.2 Å². The molecule has 1 unspecified atom stereocenters. The summed E-state index contributed by atoms with van der Waals surface area (Å²) < 4.78 is 39.7. The second kappa shape index (κ2) is 10.5. The third kappa shape index (κ3) is 7.15. The zero-order chi connectivity index (χ0) is 16.7. The first-order valence-corrected chi connectivity index (χ1v) is 8.75. The van der Waals surface area contributed by atoms with Crippen LogP contribution in [-0.4, -0.2) is 55.7 Å². The average molecular weight is 372 g/mol. The van der Waals surface area contributed by atoms with E-state index in [2.05, 4.69) is 10.6 Å². The molecule has 1 amide bonds. The lowest BCUT2D eigenvalue weighted by Gasteiger charge is -2.36. The molecule has 0 aromatic heterocycles. The van der Waals surface area contributed by atoms with Crippen LogP contribution in [0.4, 0.5) is 13.2 Å². The molecule has 1 saturated carbocycles. The molecular formula is C16H29ClF3N3O. The molecule has 0 spiro atoms. The monoisotopic (exact) mass is 371 g/mol. The van der Waals surface area contributed by atoms with Crippen LogP contribution < -0.4 is 10.6 Å². The maximum absolute atomic E-state index is 13.2. The minimum atomic E-state index is -4.31. The number of rotatable bonds is 6. The fraction of sp³-hybridized carbons (Fsp3) is 0.938. The van der Waals surface area contributed by atoms with Crippen molar-refractivity contribution >= 4 is 18.3 Å². The van der Waals surface area contributed by atoms with Crippen molar-refractivity contribution in [3.05, 3.63) is 0 Å². The maximum Gasteiger partial charge on any atom is 0.405 e. The molecule has 2 fully saturated rings. The summed E-state index contributed by atoms with van der Waals surface area (Å²) in [6.45, 7) is 1.50. The van der Waals surface area contributed by atoms with Gasteiger partial charge in [-0.25, -0.2) is 0 Å². The van der Waals surface area contributed by atoms with Crippen molar-refractivity contribution in [2.24, 2.45) is 5.92 Å². The van der Waals surface area contributed by atoms with Gasteiger partial charge < -0.3 is 10.6 Å². The highest BCUT2D eigenvalue weighted by atomic mass is 35.5. The van der Waals surface area contributed by atoms with Gasteiger partial charge in [0.2, 0.25) is 5.91 Å². The lowest BCUT2D eigenvalue weighted by Crippen LogP contribution is -2.57.